The van der Waals surface area contributed by atoms with E-state index < -0.39 is 21.9 Å². The van der Waals surface area contributed by atoms with Crippen molar-refractivity contribution in [3.05, 3.63) is 102 Å². The molecule has 1 heterocycles. The van der Waals surface area contributed by atoms with Crippen LogP contribution in [0.3, 0.4) is 0 Å². The maximum atomic E-state index is 13.7. The Bertz CT molecular complexity index is 1450. The number of sulfone groups is 1. The number of urea groups is 1. The third-order valence-electron chi connectivity index (χ3n) is 7.31. The lowest BCUT2D eigenvalue weighted by atomic mass is 9.99. The first-order chi connectivity index (χ1) is 20.1. The van der Waals surface area contributed by atoms with Gasteiger partial charge in [-0.2, -0.15) is 0 Å². The van der Waals surface area contributed by atoms with Gasteiger partial charge in [-0.1, -0.05) is 86.6 Å². The number of carbonyl (C=O) groups is 2. The molecule has 2 N–H and O–H groups in total. The molecule has 0 unspecified atom stereocenters. The van der Waals surface area contributed by atoms with Gasteiger partial charge >= 0.3 is 6.03 Å². The molecule has 42 heavy (non-hydrogen) atoms. The van der Waals surface area contributed by atoms with Gasteiger partial charge in [0.05, 0.1) is 10.9 Å². The van der Waals surface area contributed by atoms with Gasteiger partial charge in [0.15, 0.2) is 9.84 Å². The van der Waals surface area contributed by atoms with Crippen molar-refractivity contribution in [3.8, 4) is 11.1 Å². The zero-order valence-corrected chi connectivity index (χ0v) is 25.3. The lowest BCUT2D eigenvalue weighted by Gasteiger charge is -2.33. The van der Waals surface area contributed by atoms with Gasteiger partial charge in [0.2, 0.25) is 5.91 Å². The summed E-state index contributed by atoms with van der Waals surface area (Å²) in [6.45, 7) is 6.72. The van der Waals surface area contributed by atoms with Crippen LogP contribution in [0.25, 0.3) is 11.1 Å². The summed E-state index contributed by atoms with van der Waals surface area (Å²) in [4.78, 5) is 30.8. The number of hydrogen-bond acceptors (Lipinski definition) is 5. The number of nitrogens with one attached hydrogen (secondary N) is 2. The van der Waals surface area contributed by atoms with E-state index in [1.807, 2.05) is 75.5 Å². The molecule has 9 heteroatoms. The van der Waals surface area contributed by atoms with Crippen LogP contribution in [0.15, 0.2) is 101 Å². The second-order valence-electron chi connectivity index (χ2n) is 11.1. The Labute approximate surface area is 249 Å². The lowest BCUT2D eigenvalue weighted by molar-refractivity contribution is -0.123. The molecule has 0 spiro atoms. The van der Waals surface area contributed by atoms with E-state index in [2.05, 4.69) is 15.5 Å². The van der Waals surface area contributed by atoms with Crippen molar-refractivity contribution in [2.45, 2.75) is 37.2 Å². The number of hydrogen-bond donors (Lipinski definition) is 2. The number of rotatable bonds is 10. The largest absolute Gasteiger partial charge is 0.344 e. The fourth-order valence-electron chi connectivity index (χ4n) is 4.83. The fraction of sp³-hybridized carbons (Fsp3) is 0.333. The molecular weight excluding hydrogens is 548 g/mol. The predicted octanol–water partition coefficient (Wildman–Crippen LogP) is 4.87. The molecule has 0 aromatic heterocycles. The second kappa shape index (κ2) is 14.3. The summed E-state index contributed by atoms with van der Waals surface area (Å²) < 4.78 is 26.1. The average molecular weight is 589 g/mol. The average Bonchev–Trinajstić information content (AvgIpc) is 3.00. The van der Waals surface area contributed by atoms with Crippen molar-refractivity contribution in [3.63, 3.8) is 0 Å². The maximum Gasteiger partial charge on any atom is 0.318 e. The van der Waals surface area contributed by atoms with Gasteiger partial charge in [0.25, 0.3) is 0 Å². The molecule has 3 aromatic rings. The first kappa shape index (κ1) is 31.0. The summed E-state index contributed by atoms with van der Waals surface area (Å²) in [5.41, 5.74) is 2.77. The molecule has 1 fully saturated rings. The molecule has 3 aromatic carbocycles. The van der Waals surface area contributed by atoms with Crippen LogP contribution < -0.4 is 10.6 Å². The molecule has 8 nitrogen and oxygen atoms in total. The van der Waals surface area contributed by atoms with E-state index in [9.17, 15) is 18.0 Å². The van der Waals surface area contributed by atoms with Crippen molar-refractivity contribution in [1.82, 2.24) is 20.4 Å². The third kappa shape index (κ3) is 8.53. The van der Waals surface area contributed by atoms with Crippen molar-refractivity contribution in [1.29, 1.82) is 0 Å². The van der Waals surface area contributed by atoms with Gasteiger partial charge in [-0.15, -0.1) is 0 Å². The van der Waals surface area contributed by atoms with E-state index in [0.29, 0.717) is 19.5 Å². The van der Waals surface area contributed by atoms with Gasteiger partial charge < -0.3 is 20.4 Å². The van der Waals surface area contributed by atoms with E-state index in [1.54, 1.807) is 23.1 Å². The number of carbonyl (C=O) groups excluding carboxylic acids is 2. The molecule has 0 aliphatic carbocycles. The summed E-state index contributed by atoms with van der Waals surface area (Å²) in [7, 11) is -1.72. The Morgan fingerprint density at radius 3 is 1.98 bits per heavy atom. The van der Waals surface area contributed by atoms with Crippen molar-refractivity contribution >= 4 is 21.8 Å². The molecule has 0 saturated carbocycles. The number of piperazine rings is 1. The van der Waals surface area contributed by atoms with Crippen LogP contribution in [0.4, 0.5) is 4.79 Å². The van der Waals surface area contributed by atoms with Crippen LogP contribution in [0.5, 0.6) is 0 Å². The van der Waals surface area contributed by atoms with Gasteiger partial charge in [-0.3, -0.25) is 4.79 Å². The van der Waals surface area contributed by atoms with Crippen molar-refractivity contribution in [2.24, 2.45) is 5.92 Å². The van der Waals surface area contributed by atoms with E-state index in [1.165, 1.54) is 18.2 Å². The van der Waals surface area contributed by atoms with Crippen LogP contribution in [-0.4, -0.2) is 69.4 Å². The van der Waals surface area contributed by atoms with Crippen LogP contribution in [0, 0.1) is 5.92 Å². The summed E-state index contributed by atoms with van der Waals surface area (Å²) in [5, 5.41) is 7.08. The van der Waals surface area contributed by atoms with Crippen LogP contribution in [0.2, 0.25) is 0 Å². The monoisotopic (exact) mass is 588 g/mol. The minimum absolute atomic E-state index is 0.145. The molecular formula is C33H40N4O4S. The van der Waals surface area contributed by atoms with E-state index in [4.69, 9.17) is 0 Å². The van der Waals surface area contributed by atoms with Gasteiger partial charge in [-0.05, 0) is 54.3 Å². The minimum Gasteiger partial charge on any atom is -0.344 e. The number of benzene rings is 3. The molecule has 1 aliphatic rings. The summed E-state index contributed by atoms with van der Waals surface area (Å²) in [6, 6.07) is 24.0. The van der Waals surface area contributed by atoms with Gasteiger partial charge in [0, 0.05) is 31.6 Å². The molecule has 0 radical (unpaired) electrons. The predicted molar refractivity (Wildman–Crippen MR) is 166 cm³/mol. The summed E-state index contributed by atoms with van der Waals surface area (Å²) >= 11 is 0. The van der Waals surface area contributed by atoms with Gasteiger partial charge in [0.1, 0.15) is 6.04 Å². The van der Waals surface area contributed by atoms with E-state index >= 15 is 0 Å². The van der Waals surface area contributed by atoms with Crippen molar-refractivity contribution in [2.75, 3.05) is 33.2 Å². The smallest absolute Gasteiger partial charge is 0.318 e. The Hall–Kier alpha value is -3.95. The molecule has 3 amide bonds. The van der Waals surface area contributed by atoms with Crippen LogP contribution in [-0.2, 0) is 14.6 Å². The van der Waals surface area contributed by atoms with Crippen LogP contribution >= 0.6 is 0 Å². The number of likely N-dealkylation sites (N-methyl/N-ethyl adjacent to an activating group) is 1. The second-order valence-corrected chi connectivity index (χ2v) is 12.9. The highest BCUT2D eigenvalue weighted by Crippen LogP contribution is 2.24. The first-order valence-electron chi connectivity index (χ1n) is 14.3. The highest BCUT2D eigenvalue weighted by atomic mass is 32.2. The zero-order valence-electron chi connectivity index (χ0n) is 24.4. The molecule has 222 valence electrons. The summed E-state index contributed by atoms with van der Waals surface area (Å²) in [5.74, 6) is -0.226. The SMILES string of the molecule is CC(C)C[C@H](NC(=O)N1CCN(C)CC1)C(=O)N[C@H](/C=C/S(=O)(=O)c1ccccc1)c1ccc(-c2ccccc2)cc1. The Kier molecular flexibility index (Phi) is 10.5. The minimum atomic E-state index is -3.74. The maximum absolute atomic E-state index is 13.7. The van der Waals surface area contributed by atoms with Gasteiger partial charge in [-0.25, -0.2) is 13.2 Å². The molecule has 2 atom stereocenters. The highest BCUT2D eigenvalue weighted by Gasteiger charge is 2.28. The third-order valence-corrected chi connectivity index (χ3v) is 8.75. The molecule has 1 aliphatic heterocycles. The fourth-order valence-corrected chi connectivity index (χ4v) is 5.89. The topological polar surface area (TPSA) is 98.8 Å². The Balaban J connectivity index is 1.58. The molecule has 1 saturated heterocycles. The summed E-state index contributed by atoms with van der Waals surface area (Å²) in [6.07, 6.45) is 1.93. The highest BCUT2D eigenvalue weighted by molar-refractivity contribution is 7.94. The van der Waals surface area contributed by atoms with Crippen molar-refractivity contribution < 1.29 is 18.0 Å². The first-order valence-corrected chi connectivity index (χ1v) is 15.8. The Morgan fingerprint density at radius 1 is 0.810 bits per heavy atom. The van der Waals surface area contributed by atoms with Crippen LogP contribution in [0.1, 0.15) is 31.9 Å². The van der Waals surface area contributed by atoms with E-state index in [-0.39, 0.29) is 22.8 Å². The molecule has 0 bridgehead atoms. The normalized spacial score (nSPS) is 15.9. The molecule has 4 rings (SSSR count). The quantitative estimate of drug-likeness (QED) is 0.352. The van der Waals surface area contributed by atoms with E-state index in [0.717, 1.165) is 35.2 Å². The standard InChI is InChI=1S/C33H40N4O4S/c1-25(2)24-31(35-33(39)37-21-19-36(3)20-22-37)32(38)34-30(18-23-42(40,41)29-12-8-5-9-13-29)28-16-14-27(15-17-28)26-10-6-4-7-11-26/h4-18,23,25,30-31H,19-22,24H2,1-3H3,(H,34,38)(H,35,39)/b23-18+/t30-,31+/m1/s1. The lowest BCUT2D eigenvalue weighted by Crippen LogP contribution is -2.55. The number of nitrogens with zero attached hydrogens (tertiary/aromatic N) is 2. The number of amides is 3. The zero-order chi connectivity index (χ0) is 30.1. The Morgan fingerprint density at radius 2 is 1.38 bits per heavy atom.